The lowest BCUT2D eigenvalue weighted by Crippen LogP contribution is -2.30. The van der Waals surface area contributed by atoms with Gasteiger partial charge >= 0.3 is 0 Å². The zero-order valence-electron chi connectivity index (χ0n) is 17.0. The Balaban J connectivity index is 2.11. The molecule has 3 heterocycles. The van der Waals surface area contributed by atoms with Gasteiger partial charge in [-0.15, -0.1) is 10.2 Å². The van der Waals surface area contributed by atoms with E-state index >= 15 is 0 Å². The second-order valence-corrected chi connectivity index (χ2v) is 6.38. The molecule has 160 valence electrons. The third kappa shape index (κ3) is 4.17. The predicted octanol–water partition coefficient (Wildman–Crippen LogP) is 1.13. The molecule has 0 aliphatic rings. The summed E-state index contributed by atoms with van der Waals surface area (Å²) >= 11 is 0. The molecule has 0 bridgehead atoms. The largest absolute Gasteiger partial charge is 0.493 e. The molecular weight excluding hydrogens is 416 g/mol. The SMILES string of the molecule is CC(=O)NCCn1c(O)c(/N=N/c2c(C#N)cnn2-c2ncccn2)c(C)c(C#N)c1=O. The van der Waals surface area contributed by atoms with Crippen LogP contribution in [0.5, 0.6) is 5.88 Å². The highest BCUT2D eigenvalue weighted by Gasteiger charge is 2.20. The number of azo groups is 1. The Morgan fingerprint density at radius 1 is 1.25 bits per heavy atom. The number of carbonyl (C=O) groups is 1. The summed E-state index contributed by atoms with van der Waals surface area (Å²) in [6.45, 7) is 2.70. The highest BCUT2D eigenvalue weighted by molar-refractivity contribution is 5.72. The fourth-order valence-corrected chi connectivity index (χ4v) is 2.77. The van der Waals surface area contributed by atoms with Gasteiger partial charge in [0.1, 0.15) is 23.3 Å². The summed E-state index contributed by atoms with van der Waals surface area (Å²) in [5.41, 5.74) is -0.935. The molecular formula is C19H16N10O3. The minimum Gasteiger partial charge on any atom is -0.493 e. The fourth-order valence-electron chi connectivity index (χ4n) is 2.77. The minimum atomic E-state index is -0.729. The molecule has 0 aromatic carbocycles. The van der Waals surface area contributed by atoms with Crippen molar-refractivity contribution in [2.24, 2.45) is 10.2 Å². The average Bonchev–Trinajstić information content (AvgIpc) is 3.19. The number of nitriles is 2. The van der Waals surface area contributed by atoms with Crippen molar-refractivity contribution in [2.45, 2.75) is 20.4 Å². The van der Waals surface area contributed by atoms with Crippen LogP contribution in [0.1, 0.15) is 23.6 Å². The van der Waals surface area contributed by atoms with Crippen molar-refractivity contribution in [3.8, 4) is 24.0 Å². The van der Waals surface area contributed by atoms with E-state index in [1.165, 1.54) is 37.1 Å². The van der Waals surface area contributed by atoms with E-state index in [1.54, 1.807) is 12.1 Å². The summed E-state index contributed by atoms with van der Waals surface area (Å²) in [4.78, 5) is 31.8. The van der Waals surface area contributed by atoms with Crippen LogP contribution in [-0.4, -0.2) is 41.9 Å². The van der Waals surface area contributed by atoms with Crippen molar-refractivity contribution >= 4 is 17.4 Å². The van der Waals surface area contributed by atoms with Crippen LogP contribution in [0.2, 0.25) is 0 Å². The quantitative estimate of drug-likeness (QED) is 0.542. The highest BCUT2D eigenvalue weighted by atomic mass is 16.3. The van der Waals surface area contributed by atoms with Gasteiger partial charge in [-0.25, -0.2) is 9.97 Å². The molecule has 3 aromatic rings. The lowest BCUT2D eigenvalue weighted by Gasteiger charge is -2.13. The van der Waals surface area contributed by atoms with E-state index in [2.05, 4.69) is 30.6 Å². The second kappa shape index (κ2) is 9.27. The Kier molecular flexibility index (Phi) is 6.31. The van der Waals surface area contributed by atoms with Crippen LogP contribution in [-0.2, 0) is 11.3 Å². The first kappa shape index (κ1) is 21.8. The van der Waals surface area contributed by atoms with Gasteiger partial charge in [0.05, 0.1) is 6.20 Å². The Hall–Kier alpha value is -4.91. The highest BCUT2D eigenvalue weighted by Crippen LogP contribution is 2.33. The first-order valence-corrected chi connectivity index (χ1v) is 9.17. The Morgan fingerprint density at radius 3 is 2.59 bits per heavy atom. The van der Waals surface area contributed by atoms with Crippen molar-refractivity contribution in [3.63, 3.8) is 0 Å². The van der Waals surface area contributed by atoms with Crippen LogP contribution >= 0.6 is 0 Å². The minimum absolute atomic E-state index is 0.00740. The number of amides is 1. The zero-order valence-corrected chi connectivity index (χ0v) is 17.0. The third-order valence-electron chi connectivity index (χ3n) is 4.33. The van der Waals surface area contributed by atoms with E-state index in [4.69, 9.17) is 0 Å². The van der Waals surface area contributed by atoms with Crippen molar-refractivity contribution < 1.29 is 9.90 Å². The van der Waals surface area contributed by atoms with Gasteiger partial charge in [0, 0.05) is 38.0 Å². The van der Waals surface area contributed by atoms with Crippen LogP contribution in [0.25, 0.3) is 5.95 Å². The van der Waals surface area contributed by atoms with Gasteiger partial charge in [-0.05, 0) is 13.0 Å². The first-order chi connectivity index (χ1) is 15.4. The summed E-state index contributed by atoms with van der Waals surface area (Å²) in [6, 6.07) is 5.34. The number of pyridine rings is 1. The van der Waals surface area contributed by atoms with Crippen LogP contribution < -0.4 is 10.9 Å². The molecule has 0 saturated carbocycles. The van der Waals surface area contributed by atoms with Crippen LogP contribution in [0.3, 0.4) is 0 Å². The van der Waals surface area contributed by atoms with Crippen molar-refractivity contribution in [1.29, 1.82) is 10.5 Å². The molecule has 13 heteroatoms. The number of nitrogens with one attached hydrogen (secondary N) is 1. The lowest BCUT2D eigenvalue weighted by molar-refractivity contribution is -0.119. The van der Waals surface area contributed by atoms with Crippen molar-refractivity contribution in [2.75, 3.05) is 6.54 Å². The molecule has 0 fully saturated rings. The first-order valence-electron chi connectivity index (χ1n) is 9.17. The van der Waals surface area contributed by atoms with Crippen LogP contribution in [0.4, 0.5) is 11.5 Å². The van der Waals surface area contributed by atoms with Gasteiger partial charge in [0.2, 0.25) is 11.8 Å². The van der Waals surface area contributed by atoms with Gasteiger partial charge in [-0.3, -0.25) is 14.2 Å². The molecule has 13 nitrogen and oxygen atoms in total. The molecule has 0 unspecified atom stereocenters. The molecule has 1 amide bonds. The van der Waals surface area contributed by atoms with Gasteiger partial charge in [0.15, 0.2) is 11.5 Å². The van der Waals surface area contributed by atoms with Crippen LogP contribution in [0.15, 0.2) is 39.7 Å². The normalized spacial score (nSPS) is 10.6. The summed E-state index contributed by atoms with van der Waals surface area (Å²) in [5.74, 6) is -0.722. The Bertz CT molecular complexity index is 1340. The van der Waals surface area contributed by atoms with Gasteiger partial charge in [0.25, 0.3) is 11.5 Å². The number of aromatic hydroxyl groups is 1. The molecule has 0 aliphatic carbocycles. The van der Waals surface area contributed by atoms with Gasteiger partial charge in [-0.1, -0.05) is 0 Å². The Morgan fingerprint density at radius 2 is 1.97 bits per heavy atom. The number of aromatic nitrogens is 5. The summed E-state index contributed by atoms with van der Waals surface area (Å²) in [7, 11) is 0. The topological polar surface area (TPSA) is 187 Å². The van der Waals surface area contributed by atoms with E-state index in [-0.39, 0.29) is 53.1 Å². The monoisotopic (exact) mass is 432 g/mol. The van der Waals surface area contributed by atoms with Crippen molar-refractivity contribution in [1.82, 2.24) is 29.6 Å². The maximum atomic E-state index is 12.6. The molecule has 0 aliphatic heterocycles. The third-order valence-corrected chi connectivity index (χ3v) is 4.33. The van der Waals surface area contributed by atoms with E-state index in [9.17, 15) is 25.2 Å². The molecule has 3 rings (SSSR count). The summed E-state index contributed by atoms with van der Waals surface area (Å²) in [6.07, 6.45) is 4.22. The molecule has 0 atom stereocenters. The average molecular weight is 432 g/mol. The molecule has 0 saturated heterocycles. The van der Waals surface area contributed by atoms with Gasteiger partial charge < -0.3 is 10.4 Å². The van der Waals surface area contributed by atoms with E-state index in [1.807, 2.05) is 6.07 Å². The molecule has 3 aromatic heterocycles. The molecule has 0 spiro atoms. The number of rotatable bonds is 6. The number of hydrogen-bond acceptors (Lipinski definition) is 10. The molecule has 0 radical (unpaired) electrons. The smallest absolute Gasteiger partial charge is 0.271 e. The van der Waals surface area contributed by atoms with Crippen molar-refractivity contribution in [3.05, 3.63) is 51.7 Å². The second-order valence-electron chi connectivity index (χ2n) is 6.38. The summed E-state index contributed by atoms with van der Waals surface area (Å²) in [5, 5.41) is 44.0. The molecule has 32 heavy (non-hydrogen) atoms. The van der Waals surface area contributed by atoms with E-state index in [0.29, 0.717) is 0 Å². The molecule has 2 N–H and O–H groups in total. The zero-order chi connectivity index (χ0) is 23.3. The summed E-state index contributed by atoms with van der Waals surface area (Å²) < 4.78 is 2.10. The number of carbonyl (C=O) groups excluding carboxylic acids is 1. The standard InChI is InChI=1S/C19H16N10O3/c1-11-14(9-21)17(31)28(7-6-22-12(2)30)18(32)15(11)26-27-16-13(8-20)10-25-29(16)19-23-4-3-5-24-19/h3-5,10,32H,6-7H2,1-2H3,(H,22,30)/b27-26+. The lowest BCUT2D eigenvalue weighted by atomic mass is 10.1. The predicted molar refractivity (Wildman–Crippen MR) is 109 cm³/mol. The van der Waals surface area contributed by atoms with E-state index < -0.39 is 11.4 Å². The maximum Gasteiger partial charge on any atom is 0.271 e. The van der Waals surface area contributed by atoms with Crippen LogP contribution in [0, 0.1) is 29.6 Å². The Labute approximate surface area is 180 Å². The van der Waals surface area contributed by atoms with Gasteiger partial charge in [-0.2, -0.15) is 20.3 Å². The maximum absolute atomic E-state index is 12.6. The van der Waals surface area contributed by atoms with E-state index in [0.717, 1.165) is 4.57 Å². The number of nitrogens with zero attached hydrogens (tertiary/aromatic N) is 9. The fraction of sp³-hybridized carbons (Fsp3) is 0.211. The number of hydrogen-bond donors (Lipinski definition) is 2.